The zero-order valence-corrected chi connectivity index (χ0v) is 10.7. The molecule has 0 heterocycles. The third-order valence-electron chi connectivity index (χ3n) is 0.891. The minimum Gasteiger partial charge on any atom is -0.316 e. The lowest BCUT2D eigenvalue weighted by molar-refractivity contribution is 0.378. The minimum atomic E-state index is -4.67. The number of nitrogens with two attached hydrogens (primary N) is 2. The maximum Gasteiger partial charge on any atom is 0.394 e. The lowest BCUT2D eigenvalue weighted by Gasteiger charge is -2.00. The average molecular weight is 298 g/mol. The van der Waals surface area contributed by atoms with Crippen LogP contribution in [0.25, 0.3) is 0 Å². The molecule has 0 atom stereocenters. The first-order valence-corrected chi connectivity index (χ1v) is 6.97. The van der Waals surface area contributed by atoms with E-state index in [2.05, 4.69) is 6.92 Å². The van der Waals surface area contributed by atoms with Gasteiger partial charge in [-0.15, -0.1) is 0 Å². The minimum absolute atomic E-state index is 0.0973. The summed E-state index contributed by atoms with van der Waals surface area (Å²) in [4.78, 5) is 0. The smallest absolute Gasteiger partial charge is 0.316 e. The summed E-state index contributed by atoms with van der Waals surface area (Å²) < 4.78 is 63.2. The van der Waals surface area contributed by atoms with Crippen molar-refractivity contribution in [3.8, 4) is 0 Å². The highest BCUT2D eigenvalue weighted by Crippen LogP contribution is 1.91. The van der Waals surface area contributed by atoms with E-state index < -0.39 is 20.8 Å². The summed E-state index contributed by atoms with van der Waals surface area (Å²) >= 11 is 0. The largest absolute Gasteiger partial charge is 0.394 e. The van der Waals surface area contributed by atoms with E-state index in [1.54, 1.807) is 0 Å². The second-order valence-corrected chi connectivity index (χ2v) is 4.49. The van der Waals surface area contributed by atoms with Crippen molar-refractivity contribution in [3.63, 3.8) is 0 Å². The summed E-state index contributed by atoms with van der Waals surface area (Å²) in [7, 11) is -9.33. The number of unbranched alkanes of at least 4 members (excludes halogenated alkanes) is 1. The zero-order valence-electron chi connectivity index (χ0n) is 9.09. The Morgan fingerprint density at radius 3 is 1.24 bits per heavy atom. The van der Waals surface area contributed by atoms with Crippen molar-refractivity contribution in [1.82, 2.24) is 0 Å². The van der Waals surface area contributed by atoms with Gasteiger partial charge in [0, 0.05) is 0 Å². The van der Waals surface area contributed by atoms with Crippen molar-refractivity contribution in [1.29, 1.82) is 0 Å². The standard InChI is InChI=1S/C5H14N2.2H2O4S/c1-2-3-4-5(6)7;2*1-5(2,3)4/h5H,2-4,6-7H2,1H3;2*(H2,1,2,3,4). The summed E-state index contributed by atoms with van der Waals surface area (Å²) in [5.74, 6) is 0. The van der Waals surface area contributed by atoms with Crippen molar-refractivity contribution in [3.05, 3.63) is 0 Å². The molecule has 0 aliphatic heterocycles. The average Bonchev–Trinajstić information content (AvgIpc) is 1.93. The van der Waals surface area contributed by atoms with Crippen molar-refractivity contribution >= 4 is 20.8 Å². The van der Waals surface area contributed by atoms with E-state index in [1.807, 2.05) is 0 Å². The Morgan fingerprint density at radius 1 is 0.941 bits per heavy atom. The predicted octanol–water partition coefficient (Wildman–Crippen LogP) is -0.885. The van der Waals surface area contributed by atoms with Gasteiger partial charge in [0.2, 0.25) is 0 Å². The molecule has 0 radical (unpaired) electrons. The molecule has 0 fully saturated rings. The van der Waals surface area contributed by atoms with Gasteiger partial charge in [-0.2, -0.15) is 16.8 Å². The fourth-order valence-corrected chi connectivity index (χ4v) is 0.440. The van der Waals surface area contributed by atoms with Gasteiger partial charge in [-0.05, 0) is 6.42 Å². The van der Waals surface area contributed by atoms with E-state index in [0.717, 1.165) is 12.8 Å². The van der Waals surface area contributed by atoms with Gasteiger partial charge in [0.1, 0.15) is 0 Å². The molecule has 12 heteroatoms. The van der Waals surface area contributed by atoms with Crippen LogP contribution in [0.15, 0.2) is 0 Å². The number of hydrogen-bond acceptors (Lipinski definition) is 6. The van der Waals surface area contributed by atoms with E-state index in [4.69, 9.17) is 46.5 Å². The zero-order chi connectivity index (χ0) is 14.7. The molecule has 0 amide bonds. The molecule has 0 bridgehead atoms. The second-order valence-electron chi connectivity index (χ2n) is 2.70. The van der Waals surface area contributed by atoms with Crippen LogP contribution in [0, 0.1) is 0 Å². The van der Waals surface area contributed by atoms with Crippen LogP contribution in [-0.4, -0.2) is 41.2 Å². The van der Waals surface area contributed by atoms with Crippen LogP contribution in [0.2, 0.25) is 0 Å². The van der Waals surface area contributed by atoms with Gasteiger partial charge in [0.15, 0.2) is 0 Å². The summed E-state index contributed by atoms with van der Waals surface area (Å²) in [6.07, 6.45) is 3.19. The summed E-state index contributed by atoms with van der Waals surface area (Å²) in [5.41, 5.74) is 10.5. The van der Waals surface area contributed by atoms with Crippen LogP contribution in [0.1, 0.15) is 26.2 Å². The molecule has 0 aliphatic carbocycles. The highest BCUT2D eigenvalue weighted by molar-refractivity contribution is 7.80. The van der Waals surface area contributed by atoms with Crippen molar-refractivity contribution in [2.24, 2.45) is 11.5 Å². The van der Waals surface area contributed by atoms with Crippen LogP contribution in [0.4, 0.5) is 0 Å². The molecular formula is C5H18N2O8S2. The first-order chi connectivity index (χ1) is 7.27. The fourth-order valence-electron chi connectivity index (χ4n) is 0.440. The molecule has 17 heavy (non-hydrogen) atoms. The van der Waals surface area contributed by atoms with Gasteiger partial charge in [-0.3, -0.25) is 18.2 Å². The first-order valence-electron chi connectivity index (χ1n) is 4.18. The molecule has 8 N–H and O–H groups in total. The lowest BCUT2D eigenvalue weighted by atomic mass is 10.2. The van der Waals surface area contributed by atoms with Gasteiger partial charge in [0.25, 0.3) is 0 Å². The summed E-state index contributed by atoms with van der Waals surface area (Å²) in [6.45, 7) is 2.13. The maximum absolute atomic E-state index is 8.74. The molecule has 0 aromatic heterocycles. The van der Waals surface area contributed by atoms with Crippen LogP contribution < -0.4 is 11.5 Å². The van der Waals surface area contributed by atoms with E-state index in [-0.39, 0.29) is 6.17 Å². The van der Waals surface area contributed by atoms with Crippen molar-refractivity contribution in [2.45, 2.75) is 32.4 Å². The maximum atomic E-state index is 8.74. The van der Waals surface area contributed by atoms with Crippen molar-refractivity contribution in [2.75, 3.05) is 0 Å². The first kappa shape index (κ1) is 21.9. The molecule has 10 nitrogen and oxygen atoms in total. The SMILES string of the molecule is CCCCC(N)N.O=S(=O)(O)O.O=S(=O)(O)O. The van der Waals surface area contributed by atoms with E-state index >= 15 is 0 Å². The predicted molar refractivity (Wildman–Crippen MR) is 60.0 cm³/mol. The quantitative estimate of drug-likeness (QED) is 0.280. The van der Waals surface area contributed by atoms with E-state index in [0.29, 0.717) is 0 Å². The molecule has 108 valence electrons. The molecule has 0 rings (SSSR count). The lowest BCUT2D eigenvalue weighted by Crippen LogP contribution is -2.29. The topological polar surface area (TPSA) is 201 Å². The molecule has 0 aliphatic rings. The Balaban J connectivity index is -0.000000177. The highest BCUT2D eigenvalue weighted by Gasteiger charge is 1.88. The van der Waals surface area contributed by atoms with Crippen molar-refractivity contribution < 1.29 is 35.0 Å². The van der Waals surface area contributed by atoms with Gasteiger partial charge in [-0.1, -0.05) is 19.8 Å². The van der Waals surface area contributed by atoms with Gasteiger partial charge < -0.3 is 11.5 Å². The number of hydrogen-bond donors (Lipinski definition) is 6. The van der Waals surface area contributed by atoms with Crippen LogP contribution in [0.3, 0.4) is 0 Å². The molecule has 0 saturated heterocycles. The molecule has 0 aromatic carbocycles. The third-order valence-corrected chi connectivity index (χ3v) is 0.891. The Morgan fingerprint density at radius 2 is 1.18 bits per heavy atom. The Bertz CT molecular complexity index is 302. The van der Waals surface area contributed by atoms with Gasteiger partial charge >= 0.3 is 20.8 Å². The van der Waals surface area contributed by atoms with E-state index in [1.165, 1.54) is 6.42 Å². The molecule has 0 unspecified atom stereocenters. The molecule has 0 saturated carbocycles. The Kier molecular flexibility index (Phi) is 13.9. The number of rotatable bonds is 3. The molecule has 0 spiro atoms. The monoisotopic (exact) mass is 298 g/mol. The molecule has 0 aromatic rings. The summed E-state index contributed by atoms with van der Waals surface area (Å²) in [5, 5.41) is 0. The van der Waals surface area contributed by atoms with Gasteiger partial charge in [0.05, 0.1) is 6.17 Å². The van der Waals surface area contributed by atoms with Crippen LogP contribution in [-0.2, 0) is 20.8 Å². The van der Waals surface area contributed by atoms with E-state index in [9.17, 15) is 0 Å². The third kappa shape index (κ3) is 218. The van der Waals surface area contributed by atoms with Crippen LogP contribution in [0.5, 0.6) is 0 Å². The fraction of sp³-hybridized carbons (Fsp3) is 1.00. The van der Waals surface area contributed by atoms with Crippen LogP contribution >= 0.6 is 0 Å². The Hall–Kier alpha value is -0.340. The normalized spacial score (nSPS) is 11.1. The summed E-state index contributed by atoms with van der Waals surface area (Å²) in [6, 6.07) is 0. The van der Waals surface area contributed by atoms with Gasteiger partial charge in [-0.25, -0.2) is 0 Å². The molecular weight excluding hydrogens is 280 g/mol. The Labute approximate surface area is 100 Å². The highest BCUT2D eigenvalue weighted by atomic mass is 32.3. The second kappa shape index (κ2) is 10.8.